The van der Waals surface area contributed by atoms with Crippen LogP contribution in [0.2, 0.25) is 0 Å². The van der Waals surface area contributed by atoms with Crippen molar-refractivity contribution in [3.05, 3.63) is 29.4 Å². The van der Waals surface area contributed by atoms with Crippen molar-refractivity contribution < 1.29 is 17.6 Å². The summed E-state index contributed by atoms with van der Waals surface area (Å²) in [5.74, 6) is -5.58. The van der Waals surface area contributed by atoms with E-state index in [0.29, 0.717) is 24.0 Å². The average Bonchev–Trinajstić information content (AvgIpc) is 2.93. The molecule has 0 radical (unpaired) electrons. The molecule has 1 aliphatic rings. The summed E-state index contributed by atoms with van der Waals surface area (Å²) in [6.45, 7) is 3.01. The fourth-order valence-corrected chi connectivity index (χ4v) is 3.02. The summed E-state index contributed by atoms with van der Waals surface area (Å²) in [5, 5.41) is 0.713. The van der Waals surface area contributed by atoms with E-state index in [4.69, 9.17) is 0 Å². The number of rotatable bonds is 2. The van der Waals surface area contributed by atoms with E-state index in [0.717, 1.165) is 0 Å². The van der Waals surface area contributed by atoms with Gasteiger partial charge in [0.15, 0.2) is 0 Å². The molecule has 0 aromatic carbocycles. The fourth-order valence-electron chi connectivity index (χ4n) is 2.29. The van der Waals surface area contributed by atoms with E-state index in [1.54, 1.807) is 6.92 Å². The predicted octanol–water partition coefficient (Wildman–Crippen LogP) is 2.12. The van der Waals surface area contributed by atoms with Crippen molar-refractivity contribution in [1.29, 1.82) is 0 Å². The standard InChI is InChI=1S/C12H11F4N5S/c1-6-17-12(22-19-6)21-4-2-20(3-5-21)9-7(13)10(15)18-11(16)8(9)14/h2-5H2,1H3. The first-order chi connectivity index (χ1) is 10.5. The lowest BCUT2D eigenvalue weighted by Crippen LogP contribution is -2.47. The molecular weight excluding hydrogens is 322 g/mol. The zero-order chi connectivity index (χ0) is 15.9. The quantitative estimate of drug-likeness (QED) is 0.622. The lowest BCUT2D eigenvalue weighted by atomic mass is 10.2. The molecule has 10 heteroatoms. The van der Waals surface area contributed by atoms with Gasteiger partial charge in [0.05, 0.1) is 0 Å². The van der Waals surface area contributed by atoms with Gasteiger partial charge < -0.3 is 9.80 Å². The van der Waals surface area contributed by atoms with Crippen molar-refractivity contribution in [2.45, 2.75) is 6.92 Å². The molecule has 1 saturated heterocycles. The summed E-state index contributed by atoms with van der Waals surface area (Å²) in [4.78, 5) is 9.96. The van der Waals surface area contributed by atoms with Gasteiger partial charge in [0.25, 0.3) is 11.9 Å². The minimum absolute atomic E-state index is 0.204. The molecule has 0 bridgehead atoms. The van der Waals surface area contributed by atoms with Crippen LogP contribution in [0.15, 0.2) is 0 Å². The van der Waals surface area contributed by atoms with E-state index in [1.807, 2.05) is 4.90 Å². The molecule has 0 amide bonds. The van der Waals surface area contributed by atoms with Crippen molar-refractivity contribution in [1.82, 2.24) is 14.3 Å². The van der Waals surface area contributed by atoms with Crippen molar-refractivity contribution in [3.8, 4) is 0 Å². The van der Waals surface area contributed by atoms with Crippen LogP contribution in [0.5, 0.6) is 0 Å². The summed E-state index contributed by atoms with van der Waals surface area (Å²) in [5.41, 5.74) is -0.710. The first-order valence-corrected chi connectivity index (χ1v) is 7.25. The topological polar surface area (TPSA) is 45.2 Å². The highest BCUT2D eigenvalue weighted by atomic mass is 32.1. The Morgan fingerprint density at radius 2 is 1.41 bits per heavy atom. The predicted molar refractivity (Wildman–Crippen MR) is 73.1 cm³/mol. The number of nitrogens with zero attached hydrogens (tertiary/aromatic N) is 5. The third-order valence-corrected chi connectivity index (χ3v) is 4.23. The van der Waals surface area contributed by atoms with Crippen LogP contribution >= 0.6 is 11.5 Å². The van der Waals surface area contributed by atoms with Gasteiger partial charge in [-0.05, 0) is 6.92 Å². The maximum atomic E-state index is 13.7. The first kappa shape index (κ1) is 14.9. The summed E-state index contributed by atoms with van der Waals surface area (Å²) in [6, 6.07) is 0. The Balaban J connectivity index is 1.80. The lowest BCUT2D eigenvalue weighted by Gasteiger charge is -2.35. The number of aromatic nitrogens is 3. The van der Waals surface area contributed by atoms with Crippen LogP contribution in [0, 0.1) is 30.5 Å². The van der Waals surface area contributed by atoms with E-state index in [2.05, 4.69) is 14.3 Å². The van der Waals surface area contributed by atoms with Crippen LogP contribution in [0.25, 0.3) is 0 Å². The van der Waals surface area contributed by atoms with Gasteiger partial charge in [0.1, 0.15) is 11.5 Å². The van der Waals surface area contributed by atoms with Crippen LogP contribution in [0.3, 0.4) is 0 Å². The Bertz CT molecular complexity index is 673. The molecule has 0 saturated carbocycles. The van der Waals surface area contributed by atoms with Gasteiger partial charge in [-0.15, -0.1) is 0 Å². The molecule has 1 aliphatic heterocycles. The maximum absolute atomic E-state index is 13.7. The van der Waals surface area contributed by atoms with Gasteiger partial charge in [-0.2, -0.15) is 26.9 Å². The number of halogens is 4. The molecule has 118 valence electrons. The normalized spacial score (nSPS) is 15.5. The maximum Gasteiger partial charge on any atom is 0.253 e. The fraction of sp³-hybridized carbons (Fsp3) is 0.417. The monoisotopic (exact) mass is 333 g/mol. The summed E-state index contributed by atoms with van der Waals surface area (Å²) in [6.07, 6.45) is 0. The molecule has 0 aliphatic carbocycles. The van der Waals surface area contributed by atoms with E-state index in [9.17, 15) is 17.6 Å². The molecule has 22 heavy (non-hydrogen) atoms. The molecule has 3 heterocycles. The van der Waals surface area contributed by atoms with Crippen LogP contribution in [0.4, 0.5) is 28.4 Å². The van der Waals surface area contributed by atoms with Crippen molar-refractivity contribution >= 4 is 22.4 Å². The Morgan fingerprint density at radius 1 is 0.864 bits per heavy atom. The third-order valence-electron chi connectivity index (χ3n) is 3.36. The zero-order valence-corrected chi connectivity index (χ0v) is 12.3. The van der Waals surface area contributed by atoms with Crippen LogP contribution < -0.4 is 9.80 Å². The third kappa shape index (κ3) is 2.58. The molecule has 0 spiro atoms. The summed E-state index contributed by atoms with van der Waals surface area (Å²) < 4.78 is 57.9. The van der Waals surface area contributed by atoms with E-state index in [-0.39, 0.29) is 13.1 Å². The van der Waals surface area contributed by atoms with E-state index >= 15 is 0 Å². The number of hydrogen-bond acceptors (Lipinski definition) is 6. The molecule has 5 nitrogen and oxygen atoms in total. The molecule has 0 unspecified atom stereocenters. The first-order valence-electron chi connectivity index (χ1n) is 6.47. The molecule has 3 rings (SSSR count). The van der Waals surface area contributed by atoms with Gasteiger partial charge >= 0.3 is 0 Å². The SMILES string of the molecule is Cc1nsc(N2CCN(c3c(F)c(F)nc(F)c3F)CC2)n1. The Labute approximate surface area is 127 Å². The lowest BCUT2D eigenvalue weighted by molar-refractivity contribution is 0.404. The number of anilines is 2. The number of hydrogen-bond donors (Lipinski definition) is 0. The highest BCUT2D eigenvalue weighted by Crippen LogP contribution is 2.28. The van der Waals surface area contributed by atoms with Crippen molar-refractivity contribution in [2.75, 3.05) is 36.0 Å². The molecule has 1 fully saturated rings. The zero-order valence-electron chi connectivity index (χ0n) is 11.5. The molecule has 0 atom stereocenters. The van der Waals surface area contributed by atoms with Gasteiger partial charge in [-0.25, -0.2) is 4.98 Å². The van der Waals surface area contributed by atoms with Crippen LogP contribution in [0.1, 0.15) is 5.82 Å². The Morgan fingerprint density at radius 3 is 1.91 bits per heavy atom. The molecule has 2 aromatic rings. The minimum atomic E-state index is -1.64. The largest absolute Gasteiger partial charge is 0.363 e. The minimum Gasteiger partial charge on any atom is -0.363 e. The second-order valence-corrected chi connectivity index (χ2v) is 5.50. The molecule has 2 aromatic heterocycles. The number of pyridine rings is 1. The van der Waals surface area contributed by atoms with Crippen LogP contribution in [-0.4, -0.2) is 40.5 Å². The highest BCUT2D eigenvalue weighted by molar-refractivity contribution is 7.09. The number of aryl methyl sites for hydroxylation is 1. The second kappa shape index (κ2) is 5.67. The molecule has 0 N–H and O–H groups in total. The van der Waals surface area contributed by atoms with Crippen molar-refractivity contribution in [2.24, 2.45) is 0 Å². The van der Waals surface area contributed by atoms with Gasteiger partial charge in [-0.3, -0.25) is 0 Å². The average molecular weight is 333 g/mol. The van der Waals surface area contributed by atoms with Gasteiger partial charge in [0, 0.05) is 37.7 Å². The smallest absolute Gasteiger partial charge is 0.253 e. The highest BCUT2D eigenvalue weighted by Gasteiger charge is 2.28. The van der Waals surface area contributed by atoms with Crippen LogP contribution in [-0.2, 0) is 0 Å². The molecular formula is C12H11F4N5S. The second-order valence-electron chi connectivity index (χ2n) is 4.77. The van der Waals surface area contributed by atoms with E-state index in [1.165, 1.54) is 16.4 Å². The summed E-state index contributed by atoms with van der Waals surface area (Å²) in [7, 11) is 0. The van der Waals surface area contributed by atoms with Crippen molar-refractivity contribution in [3.63, 3.8) is 0 Å². The van der Waals surface area contributed by atoms with Gasteiger partial charge in [-0.1, -0.05) is 0 Å². The summed E-state index contributed by atoms with van der Waals surface area (Å²) >= 11 is 1.23. The van der Waals surface area contributed by atoms with Gasteiger partial charge in [0.2, 0.25) is 16.8 Å². The Hall–Kier alpha value is -1.97. The van der Waals surface area contributed by atoms with E-state index < -0.39 is 29.2 Å². The number of piperazine rings is 1. The Kier molecular flexibility index (Phi) is 3.85.